The summed E-state index contributed by atoms with van der Waals surface area (Å²) in [4.78, 5) is 7.84. The largest absolute Gasteiger partial charge is 0.259 e. The van der Waals surface area contributed by atoms with E-state index in [0.717, 1.165) is 4.47 Å². The summed E-state index contributed by atoms with van der Waals surface area (Å²) < 4.78 is 14.2. The molecule has 0 aliphatic carbocycles. The highest BCUT2D eigenvalue weighted by molar-refractivity contribution is 9.10. The van der Waals surface area contributed by atoms with E-state index in [-0.39, 0.29) is 11.0 Å². The van der Waals surface area contributed by atoms with E-state index >= 15 is 0 Å². The predicted octanol–water partition coefficient (Wildman–Crippen LogP) is 3.70. The van der Waals surface area contributed by atoms with Crippen LogP contribution >= 0.6 is 27.5 Å². The number of aromatic nitrogens is 2. The molecule has 0 amide bonds. The number of hydrogen-bond donors (Lipinski definition) is 0. The van der Waals surface area contributed by atoms with Crippen molar-refractivity contribution >= 4 is 27.5 Å². The Balaban J connectivity index is 2.58. The molecule has 0 spiro atoms. The van der Waals surface area contributed by atoms with Crippen molar-refractivity contribution in [3.63, 3.8) is 0 Å². The van der Waals surface area contributed by atoms with Crippen molar-refractivity contribution in [2.24, 2.45) is 0 Å². The summed E-state index contributed by atoms with van der Waals surface area (Å²) in [7, 11) is 0. The van der Waals surface area contributed by atoms with E-state index in [1.807, 2.05) is 0 Å². The van der Waals surface area contributed by atoms with Crippen LogP contribution in [0.5, 0.6) is 0 Å². The van der Waals surface area contributed by atoms with Gasteiger partial charge in [-0.2, -0.15) is 0 Å². The molecule has 1 heterocycles. The van der Waals surface area contributed by atoms with Crippen LogP contribution in [0.15, 0.2) is 35.1 Å². The molecule has 0 N–H and O–H groups in total. The molecule has 1 aromatic carbocycles. The molecule has 2 rings (SSSR count). The van der Waals surface area contributed by atoms with E-state index in [4.69, 9.17) is 11.6 Å². The van der Waals surface area contributed by atoms with Crippen LogP contribution in [0.4, 0.5) is 4.39 Å². The van der Waals surface area contributed by atoms with Gasteiger partial charge in [0.1, 0.15) is 11.0 Å². The van der Waals surface area contributed by atoms with Gasteiger partial charge in [0.2, 0.25) is 0 Å². The number of rotatable bonds is 1. The van der Waals surface area contributed by atoms with Crippen molar-refractivity contribution in [2.75, 3.05) is 0 Å². The zero-order chi connectivity index (χ0) is 10.8. The molecule has 1 aromatic heterocycles. The number of halogens is 3. The summed E-state index contributed by atoms with van der Waals surface area (Å²) in [6.45, 7) is 0. The number of benzene rings is 1. The van der Waals surface area contributed by atoms with E-state index in [2.05, 4.69) is 25.9 Å². The third-order valence-electron chi connectivity index (χ3n) is 1.81. The second-order valence-electron chi connectivity index (χ2n) is 2.85. The van der Waals surface area contributed by atoms with Crippen LogP contribution in [-0.4, -0.2) is 9.97 Å². The first kappa shape index (κ1) is 10.5. The van der Waals surface area contributed by atoms with E-state index in [9.17, 15) is 4.39 Å². The molecule has 0 saturated heterocycles. The second kappa shape index (κ2) is 4.24. The summed E-state index contributed by atoms with van der Waals surface area (Å²) in [5.74, 6) is -0.352. The Morgan fingerprint density at radius 3 is 2.80 bits per heavy atom. The minimum Gasteiger partial charge on any atom is -0.259 e. The molecule has 0 atom stereocenters. The smallest absolute Gasteiger partial charge is 0.148 e. The fourth-order valence-corrected chi connectivity index (χ4v) is 1.67. The molecule has 0 bridgehead atoms. The lowest BCUT2D eigenvalue weighted by Gasteiger charge is -2.02. The zero-order valence-electron chi connectivity index (χ0n) is 7.42. The van der Waals surface area contributed by atoms with Crippen molar-refractivity contribution in [2.45, 2.75) is 0 Å². The van der Waals surface area contributed by atoms with Gasteiger partial charge < -0.3 is 0 Å². The highest BCUT2D eigenvalue weighted by atomic mass is 79.9. The molecule has 0 aliphatic rings. The molecule has 5 heteroatoms. The summed E-state index contributed by atoms with van der Waals surface area (Å²) >= 11 is 8.94. The van der Waals surface area contributed by atoms with Gasteiger partial charge in [-0.1, -0.05) is 27.5 Å². The monoisotopic (exact) mass is 286 g/mol. The minimum atomic E-state index is -0.352. The van der Waals surface area contributed by atoms with Crippen LogP contribution in [0.2, 0.25) is 5.15 Å². The van der Waals surface area contributed by atoms with Gasteiger partial charge in [-0.05, 0) is 18.2 Å². The third-order valence-corrected chi connectivity index (χ3v) is 2.48. The summed E-state index contributed by atoms with van der Waals surface area (Å²) in [6.07, 6.45) is 2.87. The van der Waals surface area contributed by atoms with Gasteiger partial charge in [0.25, 0.3) is 0 Å². The van der Waals surface area contributed by atoms with Gasteiger partial charge in [-0.15, -0.1) is 0 Å². The highest BCUT2D eigenvalue weighted by Crippen LogP contribution is 2.24. The lowest BCUT2D eigenvalue weighted by molar-refractivity contribution is 0.630. The molecular formula is C10H5BrClFN2. The molecule has 0 fully saturated rings. The average Bonchev–Trinajstić information content (AvgIpc) is 2.22. The average molecular weight is 288 g/mol. The maximum atomic E-state index is 13.5. The van der Waals surface area contributed by atoms with Gasteiger partial charge in [-0.3, -0.25) is 4.98 Å². The van der Waals surface area contributed by atoms with E-state index in [0.29, 0.717) is 11.3 Å². The Bertz CT molecular complexity index is 505. The Morgan fingerprint density at radius 2 is 2.07 bits per heavy atom. The normalized spacial score (nSPS) is 10.3. The first-order valence-corrected chi connectivity index (χ1v) is 5.27. The molecule has 0 radical (unpaired) electrons. The lowest BCUT2D eigenvalue weighted by atomic mass is 10.1. The summed E-state index contributed by atoms with van der Waals surface area (Å²) in [5, 5.41) is 0.242. The predicted molar refractivity (Wildman–Crippen MR) is 60.1 cm³/mol. The molecular weight excluding hydrogens is 282 g/mol. The van der Waals surface area contributed by atoms with E-state index < -0.39 is 0 Å². The molecule has 0 aliphatic heterocycles. The minimum absolute atomic E-state index is 0.242. The topological polar surface area (TPSA) is 25.8 Å². The Kier molecular flexibility index (Phi) is 2.98. The number of nitrogens with zero attached hydrogens (tertiary/aromatic N) is 2. The Hall–Kier alpha value is -1.00. The van der Waals surface area contributed by atoms with Crippen molar-refractivity contribution in [1.82, 2.24) is 9.97 Å². The van der Waals surface area contributed by atoms with Crippen molar-refractivity contribution in [3.05, 3.63) is 46.0 Å². The summed E-state index contributed by atoms with van der Waals surface area (Å²) in [5.41, 5.74) is 0.792. The fraction of sp³-hybridized carbons (Fsp3) is 0. The standard InChI is InChI=1S/C10H5BrClFN2/c11-6-1-2-8(13)7(3-6)9-4-14-5-10(12)15-9/h1-5H. The first-order valence-electron chi connectivity index (χ1n) is 4.10. The van der Waals surface area contributed by atoms with Crippen LogP contribution < -0.4 is 0 Å². The fourth-order valence-electron chi connectivity index (χ4n) is 1.17. The quantitative estimate of drug-likeness (QED) is 0.799. The first-order chi connectivity index (χ1) is 7.16. The highest BCUT2D eigenvalue weighted by Gasteiger charge is 2.07. The molecule has 15 heavy (non-hydrogen) atoms. The van der Waals surface area contributed by atoms with Crippen molar-refractivity contribution < 1.29 is 4.39 Å². The molecule has 76 valence electrons. The van der Waals surface area contributed by atoms with Crippen LogP contribution in [0.3, 0.4) is 0 Å². The van der Waals surface area contributed by atoms with Gasteiger partial charge >= 0.3 is 0 Å². The van der Waals surface area contributed by atoms with E-state index in [1.54, 1.807) is 12.1 Å². The van der Waals surface area contributed by atoms with Gasteiger partial charge in [0.15, 0.2) is 0 Å². The maximum absolute atomic E-state index is 13.5. The molecule has 0 unspecified atom stereocenters. The molecule has 0 saturated carbocycles. The van der Waals surface area contributed by atoms with Crippen LogP contribution in [0.25, 0.3) is 11.3 Å². The van der Waals surface area contributed by atoms with Gasteiger partial charge in [0, 0.05) is 10.0 Å². The Labute approximate surface area is 99.3 Å². The zero-order valence-corrected chi connectivity index (χ0v) is 9.76. The number of hydrogen-bond acceptors (Lipinski definition) is 2. The van der Waals surface area contributed by atoms with Crippen LogP contribution in [0.1, 0.15) is 0 Å². The molecule has 2 nitrogen and oxygen atoms in total. The van der Waals surface area contributed by atoms with Crippen LogP contribution in [0, 0.1) is 5.82 Å². The summed E-state index contributed by atoms with van der Waals surface area (Å²) in [6, 6.07) is 4.62. The van der Waals surface area contributed by atoms with Crippen LogP contribution in [-0.2, 0) is 0 Å². The lowest BCUT2D eigenvalue weighted by Crippen LogP contribution is -1.89. The maximum Gasteiger partial charge on any atom is 0.148 e. The second-order valence-corrected chi connectivity index (χ2v) is 4.15. The van der Waals surface area contributed by atoms with Gasteiger partial charge in [-0.25, -0.2) is 9.37 Å². The molecule has 2 aromatic rings. The van der Waals surface area contributed by atoms with Crippen molar-refractivity contribution in [1.29, 1.82) is 0 Å². The van der Waals surface area contributed by atoms with Gasteiger partial charge in [0.05, 0.1) is 18.1 Å². The Morgan fingerprint density at radius 1 is 1.27 bits per heavy atom. The SMILES string of the molecule is Fc1ccc(Br)cc1-c1cncc(Cl)n1. The van der Waals surface area contributed by atoms with Crippen molar-refractivity contribution in [3.8, 4) is 11.3 Å². The van der Waals surface area contributed by atoms with E-state index in [1.165, 1.54) is 18.5 Å². The third kappa shape index (κ3) is 2.33.